The lowest BCUT2D eigenvalue weighted by Crippen LogP contribution is -3.00. The summed E-state index contributed by atoms with van der Waals surface area (Å²) >= 11 is 0. The standard InChI is InChI=1S/C12H13F3N2O3.ClH/c1-2-19-11(18)7-10(16)17-8-3-5-9(6-4-8)20-12(13,14)15;/h3-7,17H,2,16H2,1H3;1H/b10-7+;. The molecule has 0 bridgehead atoms. The Morgan fingerprint density at radius 3 is 2.38 bits per heavy atom. The van der Waals surface area contributed by atoms with Crippen molar-refractivity contribution in [2.45, 2.75) is 13.3 Å². The van der Waals surface area contributed by atoms with Gasteiger partial charge in [0, 0.05) is 5.69 Å². The zero-order chi connectivity index (χ0) is 15.2. The molecule has 0 spiro atoms. The quantitative estimate of drug-likeness (QED) is 0.518. The largest absolute Gasteiger partial charge is 1.00 e. The number of hydrogen-bond acceptors (Lipinski definition) is 4. The number of quaternary nitrogens is 1. The highest BCUT2D eigenvalue weighted by atomic mass is 35.5. The number of carbonyl (C=O) groups excluding carboxylic acids is 1. The molecule has 9 heteroatoms. The molecule has 0 saturated heterocycles. The molecule has 0 aliphatic carbocycles. The number of anilines is 1. The minimum atomic E-state index is -4.73. The van der Waals surface area contributed by atoms with Crippen molar-refractivity contribution in [1.29, 1.82) is 0 Å². The second kappa shape index (κ2) is 8.38. The lowest BCUT2D eigenvalue weighted by atomic mass is 10.3. The molecule has 1 rings (SSSR count). The topological polar surface area (TPSA) is 75.2 Å². The number of benzene rings is 1. The molecular formula is C12H14ClF3N2O3. The van der Waals surface area contributed by atoms with E-state index in [1.54, 1.807) is 6.92 Å². The monoisotopic (exact) mass is 326 g/mol. The highest BCUT2D eigenvalue weighted by Crippen LogP contribution is 2.23. The first-order valence-electron chi connectivity index (χ1n) is 5.63. The average Bonchev–Trinajstić information content (AvgIpc) is 2.30. The molecule has 0 radical (unpaired) electrons. The SMILES string of the molecule is CCOC(=O)/C=C(\[NH3+])Nc1ccc(OC(F)(F)F)cc1.[Cl-]. The molecule has 1 aromatic carbocycles. The van der Waals surface area contributed by atoms with Gasteiger partial charge < -0.3 is 32.9 Å². The number of alkyl halides is 3. The van der Waals surface area contributed by atoms with Gasteiger partial charge in [0.05, 0.1) is 6.61 Å². The molecule has 21 heavy (non-hydrogen) atoms. The van der Waals surface area contributed by atoms with E-state index in [-0.39, 0.29) is 30.6 Å². The highest BCUT2D eigenvalue weighted by Gasteiger charge is 2.30. The smallest absolute Gasteiger partial charge is 0.573 e. The van der Waals surface area contributed by atoms with Crippen molar-refractivity contribution in [2.24, 2.45) is 0 Å². The van der Waals surface area contributed by atoms with E-state index < -0.39 is 12.3 Å². The number of halogens is 4. The van der Waals surface area contributed by atoms with Crippen molar-refractivity contribution in [3.63, 3.8) is 0 Å². The van der Waals surface area contributed by atoms with E-state index >= 15 is 0 Å². The van der Waals surface area contributed by atoms with Crippen molar-refractivity contribution >= 4 is 11.7 Å². The second-order valence-electron chi connectivity index (χ2n) is 3.62. The van der Waals surface area contributed by atoms with E-state index in [9.17, 15) is 18.0 Å². The Kier molecular flexibility index (Phi) is 7.61. The van der Waals surface area contributed by atoms with Gasteiger partial charge in [-0.3, -0.25) is 0 Å². The predicted octanol–water partition coefficient (Wildman–Crippen LogP) is -1.35. The molecule has 0 aliphatic rings. The third-order valence-electron chi connectivity index (χ3n) is 1.97. The van der Waals surface area contributed by atoms with E-state index in [4.69, 9.17) is 0 Å². The number of ether oxygens (including phenoxy) is 2. The predicted molar refractivity (Wildman–Crippen MR) is 64.4 cm³/mol. The van der Waals surface area contributed by atoms with Crippen molar-refractivity contribution in [3.8, 4) is 5.75 Å². The Hall–Kier alpha value is -1.93. The zero-order valence-corrected chi connectivity index (χ0v) is 11.8. The Bertz CT molecular complexity index is 490. The van der Waals surface area contributed by atoms with Crippen LogP contribution in [0.3, 0.4) is 0 Å². The minimum absolute atomic E-state index is 0. The number of carbonyl (C=O) groups is 1. The van der Waals surface area contributed by atoms with Crippen LogP contribution < -0.4 is 28.2 Å². The number of hydrogen-bond donors (Lipinski definition) is 2. The van der Waals surface area contributed by atoms with Gasteiger partial charge >= 0.3 is 12.3 Å². The molecule has 1 aromatic rings. The molecule has 0 saturated carbocycles. The first-order valence-corrected chi connectivity index (χ1v) is 5.63. The van der Waals surface area contributed by atoms with E-state index in [2.05, 4.69) is 20.5 Å². The normalized spacial score (nSPS) is 11.4. The Morgan fingerprint density at radius 1 is 1.33 bits per heavy atom. The molecule has 0 atom stereocenters. The first kappa shape index (κ1) is 19.1. The van der Waals surface area contributed by atoms with E-state index in [0.717, 1.165) is 18.2 Å². The van der Waals surface area contributed by atoms with Crippen molar-refractivity contribution in [1.82, 2.24) is 0 Å². The van der Waals surface area contributed by atoms with Crippen LogP contribution in [0.2, 0.25) is 0 Å². The van der Waals surface area contributed by atoms with Gasteiger partial charge in [-0.1, -0.05) is 0 Å². The van der Waals surface area contributed by atoms with Crippen molar-refractivity contribution in [3.05, 3.63) is 36.2 Å². The summed E-state index contributed by atoms with van der Waals surface area (Å²) < 4.78 is 44.3. The summed E-state index contributed by atoms with van der Waals surface area (Å²) in [6, 6.07) is 5.03. The Balaban J connectivity index is 0.00000400. The third kappa shape index (κ3) is 8.05. The zero-order valence-electron chi connectivity index (χ0n) is 11.0. The van der Waals surface area contributed by atoms with Gasteiger partial charge in [0.1, 0.15) is 11.8 Å². The van der Waals surface area contributed by atoms with Crippen LogP contribution in [0.15, 0.2) is 36.2 Å². The van der Waals surface area contributed by atoms with Crippen LogP contribution in [-0.4, -0.2) is 18.9 Å². The van der Waals surface area contributed by atoms with Crippen LogP contribution in [0.25, 0.3) is 0 Å². The first-order chi connectivity index (χ1) is 9.30. The fraction of sp³-hybridized carbons (Fsp3) is 0.250. The summed E-state index contributed by atoms with van der Waals surface area (Å²) in [4.78, 5) is 11.1. The molecule has 0 unspecified atom stereocenters. The fourth-order valence-electron chi connectivity index (χ4n) is 1.29. The van der Waals surface area contributed by atoms with Crippen molar-refractivity contribution in [2.75, 3.05) is 11.9 Å². The summed E-state index contributed by atoms with van der Waals surface area (Å²) in [5.41, 5.74) is 4.04. The van der Waals surface area contributed by atoms with Gasteiger partial charge in [-0.2, -0.15) is 0 Å². The highest BCUT2D eigenvalue weighted by molar-refractivity contribution is 5.82. The third-order valence-corrected chi connectivity index (χ3v) is 1.97. The van der Waals surface area contributed by atoms with Crippen LogP contribution in [0.5, 0.6) is 5.75 Å². The maximum Gasteiger partial charge on any atom is 0.573 e. The van der Waals surface area contributed by atoms with Gasteiger partial charge in [0.25, 0.3) is 0 Å². The van der Waals surface area contributed by atoms with Gasteiger partial charge in [-0.25, -0.2) is 4.79 Å². The molecule has 5 nitrogen and oxygen atoms in total. The Labute approximate surface area is 125 Å². The van der Waals surface area contributed by atoms with Crippen LogP contribution in [-0.2, 0) is 9.53 Å². The van der Waals surface area contributed by atoms with Gasteiger partial charge in [-0.05, 0) is 31.2 Å². The van der Waals surface area contributed by atoms with Crippen LogP contribution >= 0.6 is 0 Å². The molecule has 0 heterocycles. The van der Waals surface area contributed by atoms with E-state index in [0.29, 0.717) is 5.69 Å². The minimum Gasteiger partial charge on any atom is -1.00 e. The summed E-state index contributed by atoms with van der Waals surface area (Å²) in [6.07, 6.45) is -3.58. The lowest BCUT2D eigenvalue weighted by molar-refractivity contribution is -0.299. The van der Waals surface area contributed by atoms with Crippen LogP contribution in [0.1, 0.15) is 6.92 Å². The summed E-state index contributed by atoms with van der Waals surface area (Å²) in [7, 11) is 0. The second-order valence-corrected chi connectivity index (χ2v) is 3.62. The average molecular weight is 327 g/mol. The van der Waals surface area contributed by atoms with E-state index in [1.807, 2.05) is 0 Å². The van der Waals surface area contributed by atoms with Gasteiger partial charge in [-0.15, -0.1) is 13.2 Å². The summed E-state index contributed by atoms with van der Waals surface area (Å²) in [5.74, 6) is -0.627. The van der Waals surface area contributed by atoms with Gasteiger partial charge in [0.2, 0.25) is 5.82 Å². The maximum absolute atomic E-state index is 12.0. The Morgan fingerprint density at radius 2 is 1.90 bits per heavy atom. The van der Waals surface area contributed by atoms with Crippen molar-refractivity contribution < 1.29 is 45.6 Å². The number of rotatable bonds is 5. The van der Waals surface area contributed by atoms with Crippen LogP contribution in [0, 0.1) is 0 Å². The molecule has 118 valence electrons. The number of nitrogens with one attached hydrogen (secondary N) is 1. The lowest BCUT2D eigenvalue weighted by Gasteiger charge is -2.09. The molecule has 4 N–H and O–H groups in total. The van der Waals surface area contributed by atoms with Gasteiger partial charge in [0.15, 0.2) is 0 Å². The summed E-state index contributed by atoms with van der Waals surface area (Å²) in [5, 5.41) is 2.73. The molecule has 0 fully saturated rings. The number of esters is 1. The molecule has 0 aromatic heterocycles. The van der Waals surface area contributed by atoms with Crippen LogP contribution in [0.4, 0.5) is 18.9 Å². The maximum atomic E-state index is 12.0. The molecular weight excluding hydrogens is 313 g/mol. The fourth-order valence-corrected chi connectivity index (χ4v) is 1.29. The molecule has 0 amide bonds. The summed E-state index contributed by atoms with van der Waals surface area (Å²) in [6.45, 7) is 1.91. The van der Waals surface area contributed by atoms with E-state index in [1.165, 1.54) is 12.1 Å². The molecule has 0 aliphatic heterocycles.